The maximum atomic E-state index is 10.2. The number of benzene rings is 2. The van der Waals surface area contributed by atoms with Crippen molar-refractivity contribution in [3.05, 3.63) is 83.7 Å². The Morgan fingerprint density at radius 3 is 2.50 bits per heavy atom. The SMILES string of the molecule is Cc1ccc(O)c(-c2ccccc2CCc2ccccn2)c1. The van der Waals surface area contributed by atoms with Crippen LogP contribution in [0.4, 0.5) is 0 Å². The summed E-state index contributed by atoms with van der Waals surface area (Å²) in [6, 6.07) is 20.0. The lowest BCUT2D eigenvalue weighted by Gasteiger charge is -2.12. The fourth-order valence-electron chi connectivity index (χ4n) is 2.68. The van der Waals surface area contributed by atoms with Gasteiger partial charge >= 0.3 is 0 Å². The topological polar surface area (TPSA) is 33.1 Å². The summed E-state index contributed by atoms with van der Waals surface area (Å²) >= 11 is 0. The molecule has 0 spiro atoms. The summed E-state index contributed by atoms with van der Waals surface area (Å²) in [5.74, 6) is 0.330. The molecule has 110 valence electrons. The normalized spacial score (nSPS) is 10.6. The maximum absolute atomic E-state index is 10.2. The van der Waals surface area contributed by atoms with Crippen LogP contribution in [-0.4, -0.2) is 10.1 Å². The third-order valence-corrected chi connectivity index (χ3v) is 3.84. The van der Waals surface area contributed by atoms with E-state index in [0.717, 1.165) is 35.2 Å². The van der Waals surface area contributed by atoms with Gasteiger partial charge in [0.2, 0.25) is 0 Å². The first-order valence-electron chi connectivity index (χ1n) is 7.52. The maximum Gasteiger partial charge on any atom is 0.123 e. The summed E-state index contributed by atoms with van der Waals surface area (Å²) < 4.78 is 0. The quantitative estimate of drug-likeness (QED) is 0.764. The van der Waals surface area contributed by atoms with Crippen molar-refractivity contribution >= 4 is 0 Å². The summed E-state index contributed by atoms with van der Waals surface area (Å²) in [5, 5.41) is 10.2. The van der Waals surface area contributed by atoms with E-state index in [1.54, 1.807) is 6.07 Å². The number of hydrogen-bond donors (Lipinski definition) is 1. The highest BCUT2D eigenvalue weighted by atomic mass is 16.3. The first kappa shape index (κ1) is 14.3. The van der Waals surface area contributed by atoms with Crippen molar-refractivity contribution in [3.8, 4) is 16.9 Å². The number of phenolic OH excluding ortho intramolecular Hbond substituents is 1. The second-order valence-corrected chi connectivity index (χ2v) is 5.50. The van der Waals surface area contributed by atoms with Crippen molar-refractivity contribution in [1.29, 1.82) is 0 Å². The second kappa shape index (κ2) is 6.44. The lowest BCUT2D eigenvalue weighted by molar-refractivity contribution is 0.477. The Balaban J connectivity index is 1.91. The summed E-state index contributed by atoms with van der Waals surface area (Å²) in [6.07, 6.45) is 3.62. The molecule has 2 heteroatoms. The Hall–Kier alpha value is -2.61. The first-order valence-corrected chi connectivity index (χ1v) is 7.52. The molecular formula is C20H19NO. The molecule has 3 aromatic rings. The minimum Gasteiger partial charge on any atom is -0.507 e. The van der Waals surface area contributed by atoms with Gasteiger partial charge in [0.1, 0.15) is 5.75 Å². The zero-order chi connectivity index (χ0) is 15.4. The van der Waals surface area contributed by atoms with E-state index in [9.17, 15) is 5.11 Å². The molecule has 0 bridgehead atoms. The van der Waals surface area contributed by atoms with Crippen LogP contribution >= 0.6 is 0 Å². The van der Waals surface area contributed by atoms with Crippen LogP contribution < -0.4 is 0 Å². The molecule has 0 unspecified atom stereocenters. The van der Waals surface area contributed by atoms with Gasteiger partial charge in [0, 0.05) is 17.5 Å². The number of phenols is 1. The number of aromatic hydroxyl groups is 1. The number of aryl methyl sites for hydroxylation is 3. The van der Waals surface area contributed by atoms with Gasteiger partial charge < -0.3 is 5.11 Å². The zero-order valence-electron chi connectivity index (χ0n) is 12.7. The molecule has 0 aliphatic rings. The summed E-state index contributed by atoms with van der Waals surface area (Å²) in [4.78, 5) is 4.38. The Morgan fingerprint density at radius 2 is 1.68 bits per heavy atom. The molecule has 0 saturated heterocycles. The fourth-order valence-corrected chi connectivity index (χ4v) is 2.68. The van der Waals surface area contributed by atoms with Gasteiger partial charge in [-0.15, -0.1) is 0 Å². The number of rotatable bonds is 4. The molecule has 0 aliphatic heterocycles. The van der Waals surface area contributed by atoms with Gasteiger partial charge in [-0.3, -0.25) is 4.98 Å². The predicted molar refractivity (Wildman–Crippen MR) is 89.9 cm³/mol. The zero-order valence-corrected chi connectivity index (χ0v) is 12.7. The summed E-state index contributed by atoms with van der Waals surface area (Å²) in [7, 11) is 0. The van der Waals surface area contributed by atoms with Gasteiger partial charge in [-0.1, -0.05) is 42.0 Å². The first-order chi connectivity index (χ1) is 10.7. The molecule has 2 nitrogen and oxygen atoms in total. The van der Waals surface area contributed by atoms with Gasteiger partial charge in [0.25, 0.3) is 0 Å². The summed E-state index contributed by atoms with van der Waals surface area (Å²) in [5.41, 5.74) is 5.46. The highest BCUT2D eigenvalue weighted by Gasteiger charge is 2.09. The average molecular weight is 289 g/mol. The molecule has 3 rings (SSSR count). The van der Waals surface area contributed by atoms with Crippen molar-refractivity contribution in [2.24, 2.45) is 0 Å². The standard InChI is InChI=1S/C20H19NO/c1-15-9-12-20(22)19(14-15)18-8-3-2-6-16(18)10-11-17-7-4-5-13-21-17/h2-9,12-14,22H,10-11H2,1H3. The molecule has 22 heavy (non-hydrogen) atoms. The van der Waals surface area contributed by atoms with Crippen LogP contribution in [-0.2, 0) is 12.8 Å². The van der Waals surface area contributed by atoms with Gasteiger partial charge in [0.05, 0.1) is 0 Å². The molecule has 1 N–H and O–H groups in total. The second-order valence-electron chi connectivity index (χ2n) is 5.50. The third kappa shape index (κ3) is 3.17. The van der Waals surface area contributed by atoms with Gasteiger partial charge in [-0.25, -0.2) is 0 Å². The number of nitrogens with zero attached hydrogens (tertiary/aromatic N) is 1. The molecule has 0 amide bonds. The van der Waals surface area contributed by atoms with E-state index in [-0.39, 0.29) is 0 Å². The third-order valence-electron chi connectivity index (χ3n) is 3.84. The number of pyridine rings is 1. The van der Waals surface area contributed by atoms with Crippen LogP contribution in [0, 0.1) is 6.92 Å². The molecule has 0 saturated carbocycles. The highest BCUT2D eigenvalue weighted by Crippen LogP contribution is 2.32. The highest BCUT2D eigenvalue weighted by molar-refractivity contribution is 5.73. The molecule has 0 radical (unpaired) electrons. The monoisotopic (exact) mass is 289 g/mol. The van der Waals surface area contributed by atoms with Crippen LogP contribution in [0.1, 0.15) is 16.8 Å². The minimum atomic E-state index is 0.330. The smallest absolute Gasteiger partial charge is 0.123 e. The van der Waals surface area contributed by atoms with Gasteiger partial charge in [-0.05, 0) is 55.2 Å². The van der Waals surface area contributed by atoms with E-state index in [1.165, 1.54) is 5.56 Å². The lowest BCUT2D eigenvalue weighted by Crippen LogP contribution is -1.96. The predicted octanol–water partition coefficient (Wildman–Crippen LogP) is 4.55. The average Bonchev–Trinajstić information content (AvgIpc) is 2.56. The van der Waals surface area contributed by atoms with E-state index in [0.29, 0.717) is 5.75 Å². The lowest BCUT2D eigenvalue weighted by atomic mass is 9.94. The van der Waals surface area contributed by atoms with E-state index in [4.69, 9.17) is 0 Å². The number of hydrogen-bond acceptors (Lipinski definition) is 2. The molecule has 2 aromatic carbocycles. The van der Waals surface area contributed by atoms with Gasteiger partial charge in [0.15, 0.2) is 0 Å². The van der Waals surface area contributed by atoms with Crippen molar-refractivity contribution in [2.45, 2.75) is 19.8 Å². The Morgan fingerprint density at radius 1 is 0.864 bits per heavy atom. The van der Waals surface area contributed by atoms with E-state index in [1.807, 2.05) is 55.6 Å². The molecular weight excluding hydrogens is 270 g/mol. The fraction of sp³-hybridized carbons (Fsp3) is 0.150. The largest absolute Gasteiger partial charge is 0.507 e. The van der Waals surface area contributed by atoms with E-state index in [2.05, 4.69) is 17.1 Å². The van der Waals surface area contributed by atoms with Crippen LogP contribution in [0.2, 0.25) is 0 Å². The molecule has 0 atom stereocenters. The molecule has 0 aliphatic carbocycles. The van der Waals surface area contributed by atoms with Crippen molar-refractivity contribution < 1.29 is 5.11 Å². The van der Waals surface area contributed by atoms with Crippen molar-refractivity contribution in [2.75, 3.05) is 0 Å². The van der Waals surface area contributed by atoms with Crippen molar-refractivity contribution in [1.82, 2.24) is 4.98 Å². The molecule has 1 aromatic heterocycles. The van der Waals surface area contributed by atoms with Crippen LogP contribution in [0.15, 0.2) is 66.9 Å². The minimum absolute atomic E-state index is 0.330. The van der Waals surface area contributed by atoms with E-state index < -0.39 is 0 Å². The molecule has 0 fully saturated rings. The van der Waals surface area contributed by atoms with Crippen LogP contribution in [0.3, 0.4) is 0 Å². The Bertz CT molecular complexity index is 766. The Labute approximate surface area is 131 Å². The van der Waals surface area contributed by atoms with Crippen molar-refractivity contribution in [3.63, 3.8) is 0 Å². The number of aromatic nitrogens is 1. The Kier molecular flexibility index (Phi) is 4.19. The molecule has 1 heterocycles. The van der Waals surface area contributed by atoms with Crippen LogP contribution in [0.5, 0.6) is 5.75 Å². The van der Waals surface area contributed by atoms with Gasteiger partial charge in [-0.2, -0.15) is 0 Å². The summed E-state index contributed by atoms with van der Waals surface area (Å²) in [6.45, 7) is 2.04. The van der Waals surface area contributed by atoms with Crippen LogP contribution in [0.25, 0.3) is 11.1 Å². The van der Waals surface area contributed by atoms with E-state index >= 15 is 0 Å².